The maximum absolute atomic E-state index is 5.06. The average Bonchev–Trinajstić information content (AvgIpc) is 3.14. The van der Waals surface area contributed by atoms with Crippen molar-refractivity contribution in [3.05, 3.63) is 41.5 Å². The van der Waals surface area contributed by atoms with E-state index in [-0.39, 0.29) is 0 Å². The molecule has 1 N–H and O–H groups in total. The van der Waals surface area contributed by atoms with Gasteiger partial charge in [0.05, 0.1) is 5.75 Å². The molecule has 0 spiro atoms. The van der Waals surface area contributed by atoms with E-state index in [4.69, 9.17) is 4.52 Å². The molecule has 3 rings (SSSR count). The van der Waals surface area contributed by atoms with Crippen molar-refractivity contribution in [3.8, 4) is 11.4 Å². The maximum Gasteiger partial charge on any atom is 0.237 e. The number of aryl methyl sites for hydroxylation is 2. The Kier molecular flexibility index (Phi) is 4.01. The summed E-state index contributed by atoms with van der Waals surface area (Å²) in [5.41, 5.74) is 2.33. The van der Waals surface area contributed by atoms with E-state index < -0.39 is 0 Å². The van der Waals surface area contributed by atoms with Crippen LogP contribution < -0.4 is 0 Å². The molecule has 0 saturated heterocycles. The van der Waals surface area contributed by atoms with Gasteiger partial charge in [0, 0.05) is 5.56 Å². The third-order valence-electron chi connectivity index (χ3n) is 2.99. The zero-order valence-corrected chi connectivity index (χ0v) is 12.6. The Morgan fingerprint density at radius 1 is 1.19 bits per heavy atom. The topological polar surface area (TPSA) is 80.5 Å². The van der Waals surface area contributed by atoms with Crippen LogP contribution in [0.25, 0.3) is 11.4 Å². The first-order chi connectivity index (χ1) is 10.2. The summed E-state index contributed by atoms with van der Waals surface area (Å²) >= 11 is 1.46. The van der Waals surface area contributed by atoms with Gasteiger partial charge in [0.25, 0.3) is 0 Å². The standard InChI is InChI=1S/C14H15N5OS/c1-3-10-4-6-11(7-5-10)13-16-14(18-17-13)21-8-12-15-9(2)19-20-12/h4-7H,3,8H2,1-2H3,(H,16,17,18). The summed E-state index contributed by atoms with van der Waals surface area (Å²) in [6.45, 7) is 3.93. The summed E-state index contributed by atoms with van der Waals surface area (Å²) in [7, 11) is 0. The number of nitrogens with one attached hydrogen (secondary N) is 1. The molecule has 0 aliphatic rings. The molecule has 0 fully saturated rings. The van der Waals surface area contributed by atoms with Crippen LogP contribution in [0.2, 0.25) is 0 Å². The van der Waals surface area contributed by atoms with Crippen molar-refractivity contribution >= 4 is 11.8 Å². The summed E-state index contributed by atoms with van der Waals surface area (Å²) in [5.74, 6) is 2.54. The van der Waals surface area contributed by atoms with Crippen LogP contribution in [0.1, 0.15) is 24.2 Å². The largest absolute Gasteiger partial charge is 0.338 e. The van der Waals surface area contributed by atoms with Gasteiger partial charge in [-0.1, -0.05) is 48.1 Å². The summed E-state index contributed by atoms with van der Waals surface area (Å²) < 4.78 is 5.06. The molecule has 0 aliphatic carbocycles. The van der Waals surface area contributed by atoms with Crippen molar-refractivity contribution in [1.82, 2.24) is 25.3 Å². The molecule has 0 atom stereocenters. The lowest BCUT2D eigenvalue weighted by atomic mass is 10.1. The summed E-state index contributed by atoms with van der Waals surface area (Å²) in [4.78, 5) is 8.61. The summed E-state index contributed by atoms with van der Waals surface area (Å²) in [6.07, 6.45) is 1.03. The van der Waals surface area contributed by atoms with E-state index in [0.29, 0.717) is 22.6 Å². The van der Waals surface area contributed by atoms with Gasteiger partial charge in [0.15, 0.2) is 11.6 Å². The molecule has 7 heteroatoms. The number of thioether (sulfide) groups is 1. The van der Waals surface area contributed by atoms with Crippen LogP contribution in [0.4, 0.5) is 0 Å². The number of benzene rings is 1. The lowest BCUT2D eigenvalue weighted by Crippen LogP contribution is -1.84. The van der Waals surface area contributed by atoms with Crippen LogP contribution >= 0.6 is 11.8 Å². The normalized spacial score (nSPS) is 11.0. The number of nitrogens with zero attached hydrogens (tertiary/aromatic N) is 4. The van der Waals surface area contributed by atoms with Crippen molar-refractivity contribution in [3.63, 3.8) is 0 Å². The van der Waals surface area contributed by atoms with Crippen LogP contribution in [0, 0.1) is 6.92 Å². The fraction of sp³-hybridized carbons (Fsp3) is 0.286. The molecule has 108 valence electrons. The highest BCUT2D eigenvalue weighted by Gasteiger charge is 2.09. The van der Waals surface area contributed by atoms with Crippen LogP contribution in [-0.4, -0.2) is 25.3 Å². The van der Waals surface area contributed by atoms with Crippen molar-refractivity contribution in [2.24, 2.45) is 0 Å². The first-order valence-electron chi connectivity index (χ1n) is 6.68. The molecule has 1 aromatic carbocycles. The maximum atomic E-state index is 5.06. The molecule has 0 amide bonds. The van der Waals surface area contributed by atoms with E-state index in [9.17, 15) is 0 Å². The van der Waals surface area contributed by atoms with Crippen LogP contribution in [0.3, 0.4) is 0 Å². The van der Waals surface area contributed by atoms with Crippen molar-refractivity contribution in [2.75, 3.05) is 0 Å². The van der Waals surface area contributed by atoms with E-state index in [1.165, 1.54) is 17.3 Å². The number of rotatable bonds is 5. The summed E-state index contributed by atoms with van der Waals surface area (Å²) in [5, 5.41) is 11.6. The van der Waals surface area contributed by atoms with E-state index in [1.807, 2.05) is 0 Å². The van der Waals surface area contributed by atoms with Crippen molar-refractivity contribution in [1.29, 1.82) is 0 Å². The second-order valence-electron chi connectivity index (χ2n) is 4.54. The lowest BCUT2D eigenvalue weighted by molar-refractivity contribution is 0.387. The van der Waals surface area contributed by atoms with Gasteiger partial charge in [0.1, 0.15) is 0 Å². The molecule has 2 heterocycles. The van der Waals surface area contributed by atoms with Gasteiger partial charge in [-0.3, -0.25) is 5.10 Å². The minimum absolute atomic E-state index is 0.562. The highest BCUT2D eigenvalue weighted by atomic mass is 32.2. The number of hydrogen-bond donors (Lipinski definition) is 1. The average molecular weight is 301 g/mol. The van der Waals surface area contributed by atoms with Gasteiger partial charge in [-0.25, -0.2) is 4.98 Å². The summed E-state index contributed by atoms with van der Waals surface area (Å²) in [6, 6.07) is 8.31. The molecular weight excluding hydrogens is 286 g/mol. The first kappa shape index (κ1) is 13.8. The first-order valence-corrected chi connectivity index (χ1v) is 7.67. The fourth-order valence-electron chi connectivity index (χ4n) is 1.86. The Bertz CT molecular complexity index is 719. The monoisotopic (exact) mass is 301 g/mol. The third-order valence-corrected chi connectivity index (χ3v) is 3.83. The molecule has 0 saturated carbocycles. The molecular formula is C14H15N5OS. The molecule has 2 aromatic heterocycles. The van der Waals surface area contributed by atoms with Gasteiger partial charge >= 0.3 is 0 Å². The second-order valence-corrected chi connectivity index (χ2v) is 5.48. The van der Waals surface area contributed by atoms with Crippen LogP contribution in [-0.2, 0) is 12.2 Å². The molecule has 0 radical (unpaired) electrons. The van der Waals surface area contributed by atoms with Gasteiger partial charge in [0.2, 0.25) is 11.0 Å². The molecule has 21 heavy (non-hydrogen) atoms. The lowest BCUT2D eigenvalue weighted by Gasteiger charge is -1.98. The minimum Gasteiger partial charge on any atom is -0.338 e. The SMILES string of the molecule is CCc1ccc(-c2nc(SCc3nc(C)no3)n[nH]2)cc1. The van der Waals surface area contributed by atoms with E-state index in [0.717, 1.165) is 17.8 Å². The third kappa shape index (κ3) is 3.30. The van der Waals surface area contributed by atoms with Gasteiger partial charge < -0.3 is 4.52 Å². The predicted octanol–water partition coefficient (Wildman–Crippen LogP) is 3.02. The minimum atomic E-state index is 0.562. The van der Waals surface area contributed by atoms with Crippen molar-refractivity contribution in [2.45, 2.75) is 31.2 Å². The molecule has 0 unspecified atom stereocenters. The molecule has 0 aliphatic heterocycles. The zero-order valence-electron chi connectivity index (χ0n) is 11.8. The zero-order chi connectivity index (χ0) is 14.7. The van der Waals surface area contributed by atoms with Gasteiger partial charge in [-0.15, -0.1) is 5.10 Å². The Hall–Kier alpha value is -2.15. The van der Waals surface area contributed by atoms with E-state index >= 15 is 0 Å². The number of aromatic nitrogens is 5. The number of hydrogen-bond acceptors (Lipinski definition) is 6. The van der Waals surface area contributed by atoms with E-state index in [2.05, 4.69) is 56.5 Å². The van der Waals surface area contributed by atoms with Crippen LogP contribution in [0.5, 0.6) is 0 Å². The molecule has 6 nitrogen and oxygen atoms in total. The highest BCUT2D eigenvalue weighted by Crippen LogP contribution is 2.22. The fourth-order valence-corrected chi connectivity index (χ4v) is 2.50. The smallest absolute Gasteiger partial charge is 0.237 e. The highest BCUT2D eigenvalue weighted by molar-refractivity contribution is 7.98. The number of H-pyrrole nitrogens is 1. The number of aromatic amines is 1. The van der Waals surface area contributed by atoms with E-state index in [1.54, 1.807) is 6.92 Å². The predicted molar refractivity (Wildman–Crippen MR) is 79.8 cm³/mol. The van der Waals surface area contributed by atoms with Gasteiger partial charge in [-0.2, -0.15) is 4.98 Å². The Labute approximate surface area is 126 Å². The van der Waals surface area contributed by atoms with Gasteiger partial charge in [-0.05, 0) is 18.9 Å². The Morgan fingerprint density at radius 2 is 2.00 bits per heavy atom. The molecule has 3 aromatic rings. The van der Waals surface area contributed by atoms with Crippen LogP contribution in [0.15, 0.2) is 33.9 Å². The quantitative estimate of drug-likeness (QED) is 0.730. The Balaban J connectivity index is 1.67. The molecule has 0 bridgehead atoms. The second kappa shape index (κ2) is 6.09. The Morgan fingerprint density at radius 3 is 2.67 bits per heavy atom. The van der Waals surface area contributed by atoms with Crippen molar-refractivity contribution < 1.29 is 4.52 Å².